The Morgan fingerprint density at radius 2 is 1.94 bits per heavy atom. The van der Waals surface area contributed by atoms with Gasteiger partial charge in [-0.2, -0.15) is 0 Å². The maximum Gasteiger partial charge on any atom is 0.248 e. The Labute approximate surface area is 111 Å². The second kappa shape index (κ2) is 7.10. The van der Waals surface area contributed by atoms with Crippen LogP contribution in [-0.4, -0.2) is 49.7 Å². The van der Waals surface area contributed by atoms with Crippen molar-refractivity contribution in [2.45, 2.75) is 45.6 Å². The van der Waals surface area contributed by atoms with Crippen molar-refractivity contribution in [2.75, 3.05) is 33.3 Å². The molecule has 4 heteroatoms. The molecule has 1 fully saturated rings. The molecule has 1 amide bonds. The van der Waals surface area contributed by atoms with E-state index >= 15 is 0 Å². The molecule has 1 heterocycles. The first-order chi connectivity index (χ1) is 8.38. The third-order valence-corrected chi connectivity index (χ3v) is 3.39. The normalized spacial score (nSPS) is 17.8. The number of piperidine rings is 1. The molecule has 106 valence electrons. The van der Waals surface area contributed by atoms with Crippen molar-refractivity contribution in [3.8, 4) is 0 Å². The highest BCUT2D eigenvalue weighted by Gasteiger charge is 2.17. The van der Waals surface area contributed by atoms with Gasteiger partial charge in [-0.05, 0) is 59.0 Å². The van der Waals surface area contributed by atoms with Gasteiger partial charge in [-0.1, -0.05) is 0 Å². The van der Waals surface area contributed by atoms with Crippen LogP contribution in [0.4, 0.5) is 0 Å². The van der Waals surface area contributed by atoms with Gasteiger partial charge in [-0.3, -0.25) is 4.79 Å². The van der Waals surface area contributed by atoms with Gasteiger partial charge in [0, 0.05) is 13.6 Å². The van der Waals surface area contributed by atoms with Gasteiger partial charge < -0.3 is 15.0 Å². The molecule has 1 aliphatic heterocycles. The zero-order chi connectivity index (χ0) is 13.6. The lowest BCUT2D eigenvalue weighted by Gasteiger charge is -2.26. The number of nitrogens with zero attached hydrogens (tertiary/aromatic N) is 1. The van der Waals surface area contributed by atoms with Crippen LogP contribution in [0.2, 0.25) is 0 Å². The number of ether oxygens (including phenoxy) is 1. The first-order valence-electron chi connectivity index (χ1n) is 6.97. The largest absolute Gasteiger partial charge is 0.366 e. The quantitative estimate of drug-likeness (QED) is 0.813. The standard InChI is InChI=1S/C14H28N2O2/c1-14(2,3)18-11-13(17)16(4)10-7-12-5-8-15-9-6-12/h12,15H,5-11H2,1-4H3. The van der Waals surface area contributed by atoms with E-state index in [1.807, 2.05) is 27.8 Å². The number of nitrogens with one attached hydrogen (secondary N) is 1. The van der Waals surface area contributed by atoms with Gasteiger partial charge >= 0.3 is 0 Å². The maximum absolute atomic E-state index is 11.9. The SMILES string of the molecule is CN(CCC1CCNCC1)C(=O)COC(C)(C)C. The van der Waals surface area contributed by atoms with E-state index in [1.54, 1.807) is 4.90 Å². The van der Waals surface area contributed by atoms with Crippen LogP contribution < -0.4 is 5.32 Å². The van der Waals surface area contributed by atoms with Gasteiger partial charge in [0.1, 0.15) is 6.61 Å². The fraction of sp³-hybridized carbons (Fsp3) is 0.929. The Hall–Kier alpha value is -0.610. The fourth-order valence-corrected chi connectivity index (χ4v) is 2.06. The summed E-state index contributed by atoms with van der Waals surface area (Å²) >= 11 is 0. The third-order valence-electron chi connectivity index (χ3n) is 3.39. The van der Waals surface area contributed by atoms with Crippen LogP contribution in [0.25, 0.3) is 0 Å². The van der Waals surface area contributed by atoms with Crippen molar-refractivity contribution in [3.63, 3.8) is 0 Å². The number of carbonyl (C=O) groups is 1. The monoisotopic (exact) mass is 256 g/mol. The predicted octanol–water partition coefficient (Wildman–Crippen LogP) is 1.65. The summed E-state index contributed by atoms with van der Waals surface area (Å²) in [7, 11) is 1.87. The summed E-state index contributed by atoms with van der Waals surface area (Å²) < 4.78 is 5.50. The summed E-state index contributed by atoms with van der Waals surface area (Å²) in [5, 5.41) is 3.36. The Morgan fingerprint density at radius 1 is 1.33 bits per heavy atom. The topological polar surface area (TPSA) is 41.6 Å². The van der Waals surface area contributed by atoms with Crippen LogP contribution in [0.1, 0.15) is 40.0 Å². The molecule has 0 aromatic rings. The number of hydrogen-bond donors (Lipinski definition) is 1. The summed E-state index contributed by atoms with van der Waals surface area (Å²) in [4.78, 5) is 13.7. The van der Waals surface area contributed by atoms with E-state index in [9.17, 15) is 4.79 Å². The minimum absolute atomic E-state index is 0.0823. The zero-order valence-electron chi connectivity index (χ0n) is 12.3. The zero-order valence-corrected chi connectivity index (χ0v) is 12.3. The summed E-state index contributed by atoms with van der Waals surface area (Å²) in [6, 6.07) is 0. The first-order valence-corrected chi connectivity index (χ1v) is 6.97. The Kier molecular flexibility index (Phi) is 6.09. The smallest absolute Gasteiger partial charge is 0.248 e. The van der Waals surface area contributed by atoms with Crippen molar-refractivity contribution >= 4 is 5.91 Å². The Morgan fingerprint density at radius 3 is 2.50 bits per heavy atom. The molecular weight excluding hydrogens is 228 g/mol. The molecular formula is C14H28N2O2. The Bertz CT molecular complexity index is 255. The molecule has 0 saturated carbocycles. The second-order valence-electron chi connectivity index (χ2n) is 6.20. The van der Waals surface area contributed by atoms with Crippen LogP contribution in [-0.2, 0) is 9.53 Å². The average Bonchev–Trinajstić information content (AvgIpc) is 2.33. The van der Waals surface area contributed by atoms with E-state index in [-0.39, 0.29) is 18.1 Å². The van der Waals surface area contributed by atoms with Crippen molar-refractivity contribution in [1.82, 2.24) is 10.2 Å². The molecule has 1 aliphatic rings. The summed E-state index contributed by atoms with van der Waals surface area (Å²) in [6.45, 7) is 9.17. The molecule has 0 spiro atoms. The third kappa shape index (κ3) is 6.36. The molecule has 18 heavy (non-hydrogen) atoms. The lowest BCUT2D eigenvalue weighted by molar-refractivity contribution is -0.139. The molecule has 0 atom stereocenters. The molecule has 0 aromatic carbocycles. The van der Waals surface area contributed by atoms with E-state index in [2.05, 4.69) is 5.32 Å². The summed E-state index contributed by atoms with van der Waals surface area (Å²) in [5.41, 5.74) is -0.245. The van der Waals surface area contributed by atoms with E-state index in [0.29, 0.717) is 0 Å². The minimum Gasteiger partial charge on any atom is -0.366 e. The highest BCUT2D eigenvalue weighted by molar-refractivity contribution is 5.77. The van der Waals surface area contributed by atoms with Gasteiger partial charge in [0.05, 0.1) is 5.60 Å². The maximum atomic E-state index is 11.9. The second-order valence-corrected chi connectivity index (χ2v) is 6.20. The number of hydrogen-bond acceptors (Lipinski definition) is 3. The number of likely N-dealkylation sites (N-methyl/N-ethyl adjacent to an activating group) is 1. The van der Waals surface area contributed by atoms with Gasteiger partial charge in [0.15, 0.2) is 0 Å². The van der Waals surface area contributed by atoms with Crippen LogP contribution in [0, 0.1) is 5.92 Å². The van der Waals surface area contributed by atoms with Crippen LogP contribution in [0.15, 0.2) is 0 Å². The Balaban J connectivity index is 2.18. The highest BCUT2D eigenvalue weighted by Crippen LogP contribution is 2.16. The minimum atomic E-state index is -0.245. The van der Waals surface area contributed by atoms with E-state index in [1.165, 1.54) is 12.8 Å². The predicted molar refractivity (Wildman–Crippen MR) is 73.6 cm³/mol. The van der Waals surface area contributed by atoms with E-state index in [0.717, 1.165) is 32.0 Å². The van der Waals surface area contributed by atoms with Crippen molar-refractivity contribution in [1.29, 1.82) is 0 Å². The fourth-order valence-electron chi connectivity index (χ4n) is 2.06. The molecule has 0 radical (unpaired) electrons. The summed E-state index contributed by atoms with van der Waals surface area (Å²) in [5.74, 6) is 0.851. The molecule has 0 aliphatic carbocycles. The highest BCUT2D eigenvalue weighted by atomic mass is 16.5. The first kappa shape index (κ1) is 15.4. The van der Waals surface area contributed by atoms with Gasteiger partial charge in [0.2, 0.25) is 5.91 Å². The summed E-state index contributed by atoms with van der Waals surface area (Å²) in [6.07, 6.45) is 3.58. The molecule has 1 saturated heterocycles. The number of amides is 1. The lowest BCUT2D eigenvalue weighted by Crippen LogP contribution is -2.36. The lowest BCUT2D eigenvalue weighted by atomic mass is 9.94. The van der Waals surface area contributed by atoms with Crippen molar-refractivity contribution < 1.29 is 9.53 Å². The van der Waals surface area contributed by atoms with Gasteiger partial charge in [-0.25, -0.2) is 0 Å². The molecule has 0 unspecified atom stereocenters. The molecule has 0 aromatic heterocycles. The van der Waals surface area contributed by atoms with Gasteiger partial charge in [0.25, 0.3) is 0 Å². The molecule has 0 bridgehead atoms. The van der Waals surface area contributed by atoms with Crippen molar-refractivity contribution in [3.05, 3.63) is 0 Å². The van der Waals surface area contributed by atoms with Crippen LogP contribution >= 0.6 is 0 Å². The van der Waals surface area contributed by atoms with E-state index in [4.69, 9.17) is 4.74 Å². The van der Waals surface area contributed by atoms with Crippen LogP contribution in [0.3, 0.4) is 0 Å². The number of carbonyl (C=O) groups excluding carboxylic acids is 1. The van der Waals surface area contributed by atoms with Crippen molar-refractivity contribution in [2.24, 2.45) is 5.92 Å². The molecule has 1 N–H and O–H groups in total. The average molecular weight is 256 g/mol. The van der Waals surface area contributed by atoms with Gasteiger partial charge in [-0.15, -0.1) is 0 Å². The molecule has 4 nitrogen and oxygen atoms in total. The van der Waals surface area contributed by atoms with E-state index < -0.39 is 0 Å². The van der Waals surface area contributed by atoms with Crippen LogP contribution in [0.5, 0.6) is 0 Å². The molecule has 1 rings (SSSR count). The number of rotatable bonds is 5.